The number of aliphatic hydroxyl groups is 1. The highest BCUT2D eigenvalue weighted by molar-refractivity contribution is 7.16. The minimum absolute atomic E-state index is 0.0405. The number of aromatic nitrogens is 5. The average molecular weight is 586 g/mol. The van der Waals surface area contributed by atoms with Gasteiger partial charge in [-0.15, -0.1) is 11.3 Å². The molecule has 5 atom stereocenters. The van der Waals surface area contributed by atoms with Crippen molar-refractivity contribution in [2.24, 2.45) is 0 Å². The molecule has 4 N–H and O–H groups in total. The van der Waals surface area contributed by atoms with Crippen LogP contribution in [0.5, 0.6) is 0 Å². The van der Waals surface area contributed by atoms with Crippen LogP contribution < -0.4 is 11.1 Å². The molecule has 2 fully saturated rings. The van der Waals surface area contributed by atoms with Crippen molar-refractivity contribution in [3.8, 4) is 17.6 Å². The molecule has 11 nitrogen and oxygen atoms in total. The van der Waals surface area contributed by atoms with Gasteiger partial charge in [0, 0.05) is 16.5 Å². The van der Waals surface area contributed by atoms with Gasteiger partial charge in [-0.2, -0.15) is 10.4 Å². The van der Waals surface area contributed by atoms with Gasteiger partial charge in [0.15, 0.2) is 22.9 Å². The summed E-state index contributed by atoms with van der Waals surface area (Å²) in [4.78, 5) is 13.7. The van der Waals surface area contributed by atoms with Crippen LogP contribution in [0.4, 0.5) is 10.8 Å². The van der Waals surface area contributed by atoms with Crippen molar-refractivity contribution >= 4 is 33.2 Å². The Hall–Kier alpha value is -3.53. The average Bonchev–Trinajstić information content (AvgIpc) is 3.47. The number of thiophene rings is 1. The van der Waals surface area contributed by atoms with Crippen LogP contribution in [0.3, 0.4) is 0 Å². The second-order valence-electron chi connectivity index (χ2n) is 12.6. The van der Waals surface area contributed by atoms with Gasteiger partial charge in [0.2, 0.25) is 0 Å². The quantitative estimate of drug-likeness (QED) is 0.311. The van der Waals surface area contributed by atoms with Gasteiger partial charge in [0.05, 0.1) is 40.7 Å². The van der Waals surface area contributed by atoms with Crippen LogP contribution in [0.25, 0.3) is 22.6 Å². The highest BCUT2D eigenvalue weighted by Crippen LogP contribution is 2.55. The molecular formula is C30H35N9O2S. The maximum atomic E-state index is 10.1. The fourth-order valence-corrected chi connectivity index (χ4v) is 9.04. The number of nitrogen functional groups attached to an aromatic ring is 1. The molecule has 218 valence electrons. The number of hydrogen-bond acceptors (Lipinski definition) is 11. The number of nitriles is 1. The van der Waals surface area contributed by atoms with Gasteiger partial charge in [0.25, 0.3) is 0 Å². The summed E-state index contributed by atoms with van der Waals surface area (Å²) in [7, 11) is 2.18. The van der Waals surface area contributed by atoms with Gasteiger partial charge < -0.3 is 25.6 Å². The molecule has 1 saturated carbocycles. The molecule has 4 aliphatic rings. The van der Waals surface area contributed by atoms with E-state index in [9.17, 15) is 10.4 Å². The van der Waals surface area contributed by atoms with Crippen molar-refractivity contribution in [3.63, 3.8) is 0 Å². The number of aryl methyl sites for hydroxylation is 1. The van der Waals surface area contributed by atoms with E-state index in [1.807, 2.05) is 10.9 Å². The van der Waals surface area contributed by atoms with Crippen molar-refractivity contribution in [3.05, 3.63) is 33.5 Å². The van der Waals surface area contributed by atoms with E-state index in [4.69, 9.17) is 25.3 Å². The standard InChI is InChI=1S/C30H35N9O2S/c1-15(20-7-5-11-38(20)2)39-29-18(14-33-39)27(34-19-12-21(19)40)35-28(36-29)24-16-6-3-9-30(25(16)41-37-24)10-4-8-22-23(30)17(13-31)26(32)42-22/h14-15,19-21,40H,3-12,32H2,1-2H3,(H,34,35,36). The lowest BCUT2D eigenvalue weighted by atomic mass is 9.63. The number of rotatable bonds is 5. The Morgan fingerprint density at radius 2 is 2.07 bits per heavy atom. The molecule has 3 aliphatic carbocycles. The van der Waals surface area contributed by atoms with Gasteiger partial charge in [-0.1, -0.05) is 5.16 Å². The smallest absolute Gasteiger partial charge is 0.186 e. The van der Waals surface area contributed by atoms with Crippen LogP contribution in [-0.4, -0.2) is 66.7 Å². The first kappa shape index (κ1) is 26.1. The molecule has 0 bridgehead atoms. The number of likely N-dealkylation sites (tertiary alicyclic amines) is 1. The lowest BCUT2D eigenvalue weighted by molar-refractivity contribution is 0.232. The van der Waals surface area contributed by atoms with Crippen molar-refractivity contribution in [2.45, 2.75) is 94.4 Å². The summed E-state index contributed by atoms with van der Waals surface area (Å²) < 4.78 is 8.28. The molecule has 1 saturated heterocycles. The molecule has 42 heavy (non-hydrogen) atoms. The van der Waals surface area contributed by atoms with Crippen molar-refractivity contribution in [1.82, 2.24) is 29.8 Å². The lowest BCUT2D eigenvalue weighted by Crippen LogP contribution is -2.35. The third kappa shape index (κ3) is 3.76. The monoisotopic (exact) mass is 585 g/mol. The second kappa shape index (κ2) is 9.49. The predicted octanol–water partition coefficient (Wildman–Crippen LogP) is 4.16. The molecule has 0 radical (unpaired) electrons. The van der Waals surface area contributed by atoms with Crippen LogP contribution in [0, 0.1) is 11.3 Å². The molecule has 5 heterocycles. The molecule has 0 amide bonds. The molecule has 1 spiro atoms. The first-order valence-corrected chi connectivity index (χ1v) is 15.9. The van der Waals surface area contributed by atoms with E-state index in [0.29, 0.717) is 40.4 Å². The summed E-state index contributed by atoms with van der Waals surface area (Å²) in [5, 5.41) is 34.5. The van der Waals surface area contributed by atoms with Crippen molar-refractivity contribution in [1.29, 1.82) is 5.26 Å². The Kier molecular flexibility index (Phi) is 5.90. The van der Waals surface area contributed by atoms with Crippen LogP contribution >= 0.6 is 11.3 Å². The van der Waals surface area contributed by atoms with Gasteiger partial charge in [-0.25, -0.2) is 14.6 Å². The van der Waals surface area contributed by atoms with Crippen molar-refractivity contribution < 1.29 is 9.63 Å². The summed E-state index contributed by atoms with van der Waals surface area (Å²) in [6.45, 7) is 3.29. The summed E-state index contributed by atoms with van der Waals surface area (Å²) in [6, 6.07) is 2.86. The molecule has 5 unspecified atom stereocenters. The summed E-state index contributed by atoms with van der Waals surface area (Å²) in [5.74, 6) is 2.00. The number of likely N-dealkylation sites (N-methyl/N-ethyl adjacent to an activating group) is 1. The minimum atomic E-state index is -0.405. The van der Waals surface area contributed by atoms with Gasteiger partial charge in [-0.05, 0) is 83.9 Å². The Balaban J connectivity index is 1.27. The number of aliphatic hydroxyl groups excluding tert-OH is 1. The zero-order valence-electron chi connectivity index (χ0n) is 23.9. The summed E-state index contributed by atoms with van der Waals surface area (Å²) in [5.41, 5.74) is 10.0. The highest BCUT2D eigenvalue weighted by atomic mass is 32.1. The molecule has 1 aliphatic heterocycles. The van der Waals surface area contributed by atoms with Crippen LogP contribution in [-0.2, 0) is 18.3 Å². The predicted molar refractivity (Wildman–Crippen MR) is 159 cm³/mol. The topological polar surface area (TPSA) is 155 Å². The fourth-order valence-electron chi connectivity index (χ4n) is 7.88. The fraction of sp³-hybridized carbons (Fsp3) is 0.567. The minimum Gasteiger partial charge on any atom is -0.391 e. The lowest BCUT2D eigenvalue weighted by Gasteiger charge is -2.39. The van der Waals surface area contributed by atoms with Crippen LogP contribution in [0.2, 0.25) is 0 Å². The Morgan fingerprint density at radius 3 is 2.81 bits per heavy atom. The Labute approximate surface area is 247 Å². The van der Waals surface area contributed by atoms with Crippen LogP contribution in [0.1, 0.15) is 85.2 Å². The number of nitrogens with one attached hydrogen (secondary N) is 1. The van der Waals surface area contributed by atoms with E-state index in [1.54, 1.807) is 11.3 Å². The van der Waals surface area contributed by atoms with E-state index in [1.165, 1.54) is 11.3 Å². The normalized spacial score (nSPS) is 27.6. The number of fused-ring (bicyclic) bond motifs is 5. The van der Waals surface area contributed by atoms with Gasteiger partial charge in [-0.3, -0.25) is 0 Å². The molecule has 4 aromatic rings. The Bertz CT molecular complexity index is 1750. The Morgan fingerprint density at radius 1 is 1.26 bits per heavy atom. The summed E-state index contributed by atoms with van der Waals surface area (Å²) >= 11 is 1.54. The molecule has 12 heteroatoms. The molecule has 0 aromatic carbocycles. The van der Waals surface area contributed by atoms with Crippen LogP contribution in [0.15, 0.2) is 10.7 Å². The number of nitrogens with two attached hydrogens (primary N) is 1. The number of hydrogen-bond donors (Lipinski definition) is 3. The van der Waals surface area contributed by atoms with Crippen molar-refractivity contribution in [2.75, 3.05) is 24.6 Å². The molecule has 4 aromatic heterocycles. The second-order valence-corrected chi connectivity index (χ2v) is 13.7. The maximum absolute atomic E-state index is 10.1. The number of anilines is 2. The van der Waals surface area contributed by atoms with E-state index >= 15 is 0 Å². The van der Waals surface area contributed by atoms with E-state index in [0.717, 1.165) is 79.4 Å². The molecular weight excluding hydrogens is 550 g/mol. The first-order valence-electron chi connectivity index (χ1n) is 15.1. The zero-order valence-corrected chi connectivity index (χ0v) is 24.7. The van der Waals surface area contributed by atoms with E-state index in [-0.39, 0.29) is 18.2 Å². The van der Waals surface area contributed by atoms with E-state index in [2.05, 4.69) is 35.4 Å². The van der Waals surface area contributed by atoms with Gasteiger partial charge in [0.1, 0.15) is 16.9 Å². The van der Waals surface area contributed by atoms with Gasteiger partial charge >= 0.3 is 0 Å². The first-order chi connectivity index (χ1) is 20.4. The highest BCUT2D eigenvalue weighted by Gasteiger charge is 2.49. The summed E-state index contributed by atoms with van der Waals surface area (Å²) in [6.07, 6.45) is 9.94. The molecule has 8 rings (SSSR count). The number of nitrogens with zero attached hydrogens (tertiary/aromatic N) is 7. The third-order valence-corrected chi connectivity index (χ3v) is 11.2. The third-order valence-electron chi connectivity index (χ3n) is 10.1. The maximum Gasteiger partial charge on any atom is 0.186 e. The largest absolute Gasteiger partial charge is 0.391 e. The van der Waals surface area contributed by atoms with E-state index < -0.39 is 5.41 Å². The SMILES string of the molecule is CC(C1CCCN1C)n1ncc2c(NC3CC3O)nc(-c3noc4c3CCCC43CCCc4sc(N)c(C#N)c43)nc21. The zero-order chi connectivity index (χ0) is 28.7.